The van der Waals surface area contributed by atoms with E-state index in [0.717, 1.165) is 16.5 Å². The van der Waals surface area contributed by atoms with E-state index >= 15 is 0 Å². The highest BCUT2D eigenvalue weighted by molar-refractivity contribution is 7.71. The second-order valence-electron chi connectivity index (χ2n) is 3.67. The van der Waals surface area contributed by atoms with Crippen molar-refractivity contribution in [1.82, 2.24) is 14.8 Å². The first-order valence-corrected chi connectivity index (χ1v) is 6.22. The topological polar surface area (TPSA) is 42.8 Å². The Hall–Kier alpha value is -1.14. The number of H-pyrrole nitrogens is 1. The molecule has 2 aromatic rings. The minimum Gasteiger partial charge on any atom is -0.496 e. The molecule has 0 aliphatic carbocycles. The van der Waals surface area contributed by atoms with Crippen molar-refractivity contribution >= 4 is 23.6 Å². The Labute approximate surface area is 103 Å². The monoisotopic (exact) mass is 255 g/mol. The Kier molecular flexibility index (Phi) is 3.11. The highest BCUT2D eigenvalue weighted by Crippen LogP contribution is 2.30. The molecule has 2 heterocycles. The maximum atomic E-state index is 5.20. The molecule has 86 valence electrons. The standard InChI is InChI=1S/C10H13N3OS2/c1-6(2)13-9(11-12-10(13)15)8-4-7(14-3)5-16-8/h4-6H,1-3H3,(H,12,15). The minimum atomic E-state index is 0.286. The Morgan fingerprint density at radius 2 is 2.31 bits per heavy atom. The second-order valence-corrected chi connectivity index (χ2v) is 4.96. The van der Waals surface area contributed by atoms with E-state index in [4.69, 9.17) is 17.0 Å². The summed E-state index contributed by atoms with van der Waals surface area (Å²) in [7, 11) is 1.66. The molecule has 0 aliphatic rings. The molecule has 0 spiro atoms. The fourth-order valence-corrected chi connectivity index (χ4v) is 2.68. The van der Waals surface area contributed by atoms with E-state index in [0.29, 0.717) is 4.77 Å². The summed E-state index contributed by atoms with van der Waals surface area (Å²) in [4.78, 5) is 1.05. The Balaban J connectivity index is 2.51. The van der Waals surface area contributed by atoms with Crippen molar-refractivity contribution in [2.24, 2.45) is 0 Å². The van der Waals surface area contributed by atoms with Crippen LogP contribution < -0.4 is 4.74 Å². The van der Waals surface area contributed by atoms with Crippen LogP contribution in [0.2, 0.25) is 0 Å². The number of hydrogen-bond donors (Lipinski definition) is 1. The minimum absolute atomic E-state index is 0.286. The average molecular weight is 255 g/mol. The maximum absolute atomic E-state index is 5.20. The predicted molar refractivity (Wildman–Crippen MR) is 67.7 cm³/mol. The summed E-state index contributed by atoms with van der Waals surface area (Å²) in [5.74, 6) is 1.72. The molecule has 0 saturated heterocycles. The smallest absolute Gasteiger partial charge is 0.195 e. The first-order valence-electron chi connectivity index (χ1n) is 4.93. The molecule has 2 rings (SSSR count). The lowest BCUT2D eigenvalue weighted by Gasteiger charge is -2.08. The number of nitrogens with zero attached hydrogens (tertiary/aromatic N) is 2. The quantitative estimate of drug-likeness (QED) is 0.856. The molecule has 2 aromatic heterocycles. The lowest BCUT2D eigenvalue weighted by Crippen LogP contribution is -2.02. The molecular formula is C10H13N3OS2. The van der Waals surface area contributed by atoms with E-state index in [1.165, 1.54) is 0 Å². The number of aromatic nitrogens is 3. The summed E-state index contributed by atoms with van der Waals surface area (Å²) in [5, 5.41) is 9.04. The van der Waals surface area contributed by atoms with Gasteiger partial charge in [-0.05, 0) is 26.1 Å². The van der Waals surface area contributed by atoms with Crippen molar-refractivity contribution in [2.75, 3.05) is 7.11 Å². The maximum Gasteiger partial charge on any atom is 0.195 e. The van der Waals surface area contributed by atoms with Crippen LogP contribution in [0.15, 0.2) is 11.4 Å². The zero-order valence-electron chi connectivity index (χ0n) is 9.35. The van der Waals surface area contributed by atoms with Crippen LogP contribution in [0.5, 0.6) is 5.75 Å². The number of methoxy groups -OCH3 is 1. The van der Waals surface area contributed by atoms with Crippen LogP contribution >= 0.6 is 23.6 Å². The number of thiophene rings is 1. The zero-order chi connectivity index (χ0) is 11.7. The molecule has 0 atom stereocenters. The third-order valence-electron chi connectivity index (χ3n) is 2.25. The van der Waals surface area contributed by atoms with E-state index in [2.05, 4.69) is 24.0 Å². The number of ether oxygens (including phenoxy) is 1. The summed E-state index contributed by atoms with van der Waals surface area (Å²) in [6.07, 6.45) is 0. The fourth-order valence-electron chi connectivity index (χ4n) is 1.50. The summed E-state index contributed by atoms with van der Waals surface area (Å²) in [5.41, 5.74) is 0. The number of nitrogens with one attached hydrogen (secondary N) is 1. The van der Waals surface area contributed by atoms with E-state index in [9.17, 15) is 0 Å². The summed E-state index contributed by atoms with van der Waals surface area (Å²) in [6, 6.07) is 2.25. The van der Waals surface area contributed by atoms with Crippen LogP contribution in [0.4, 0.5) is 0 Å². The van der Waals surface area contributed by atoms with Crippen LogP contribution in [0, 0.1) is 4.77 Å². The highest BCUT2D eigenvalue weighted by Gasteiger charge is 2.13. The van der Waals surface area contributed by atoms with Gasteiger partial charge in [0.2, 0.25) is 0 Å². The summed E-state index contributed by atoms with van der Waals surface area (Å²) >= 11 is 6.80. The van der Waals surface area contributed by atoms with Crippen molar-refractivity contribution in [3.05, 3.63) is 16.2 Å². The van der Waals surface area contributed by atoms with E-state index < -0.39 is 0 Å². The van der Waals surface area contributed by atoms with Gasteiger partial charge in [-0.25, -0.2) is 0 Å². The normalized spacial score (nSPS) is 11.0. The van der Waals surface area contributed by atoms with Crippen LogP contribution in [0.25, 0.3) is 10.7 Å². The van der Waals surface area contributed by atoms with Gasteiger partial charge in [-0.15, -0.1) is 11.3 Å². The second kappa shape index (κ2) is 4.39. The number of aromatic amines is 1. The Morgan fingerprint density at radius 1 is 1.56 bits per heavy atom. The van der Waals surface area contributed by atoms with Crippen molar-refractivity contribution in [3.63, 3.8) is 0 Å². The third kappa shape index (κ3) is 1.90. The molecule has 0 bridgehead atoms. The first-order chi connectivity index (χ1) is 7.63. The molecule has 0 radical (unpaired) electrons. The zero-order valence-corrected chi connectivity index (χ0v) is 11.0. The van der Waals surface area contributed by atoms with Gasteiger partial charge < -0.3 is 4.74 Å². The Morgan fingerprint density at radius 3 is 2.88 bits per heavy atom. The van der Waals surface area contributed by atoms with Crippen LogP contribution in [-0.2, 0) is 0 Å². The molecule has 0 aliphatic heterocycles. The van der Waals surface area contributed by atoms with Gasteiger partial charge in [0.05, 0.1) is 12.0 Å². The number of hydrogen-bond acceptors (Lipinski definition) is 4. The molecule has 0 amide bonds. The van der Waals surface area contributed by atoms with Gasteiger partial charge in [-0.2, -0.15) is 5.10 Å². The molecule has 0 fully saturated rings. The van der Waals surface area contributed by atoms with E-state index in [-0.39, 0.29) is 6.04 Å². The van der Waals surface area contributed by atoms with Crippen molar-refractivity contribution in [1.29, 1.82) is 0 Å². The molecule has 0 unspecified atom stereocenters. The summed E-state index contributed by atoms with van der Waals surface area (Å²) < 4.78 is 7.81. The number of rotatable bonds is 3. The molecular weight excluding hydrogens is 242 g/mol. The molecule has 0 aromatic carbocycles. The summed E-state index contributed by atoms with van der Waals surface area (Å²) in [6.45, 7) is 4.17. The highest BCUT2D eigenvalue weighted by atomic mass is 32.1. The SMILES string of the molecule is COc1csc(-c2n[nH]c(=S)n2C(C)C)c1. The van der Waals surface area contributed by atoms with Crippen LogP contribution in [0.3, 0.4) is 0 Å². The lowest BCUT2D eigenvalue weighted by atomic mass is 10.3. The van der Waals surface area contributed by atoms with Gasteiger partial charge in [0.1, 0.15) is 5.75 Å². The van der Waals surface area contributed by atoms with Gasteiger partial charge in [-0.3, -0.25) is 9.67 Å². The van der Waals surface area contributed by atoms with Gasteiger partial charge in [0, 0.05) is 17.5 Å². The van der Waals surface area contributed by atoms with Crippen LogP contribution in [-0.4, -0.2) is 21.9 Å². The molecule has 1 N–H and O–H groups in total. The van der Waals surface area contributed by atoms with Crippen molar-refractivity contribution < 1.29 is 4.74 Å². The van der Waals surface area contributed by atoms with Crippen molar-refractivity contribution in [2.45, 2.75) is 19.9 Å². The van der Waals surface area contributed by atoms with Gasteiger partial charge in [0.15, 0.2) is 10.6 Å². The van der Waals surface area contributed by atoms with E-state index in [1.54, 1.807) is 18.4 Å². The van der Waals surface area contributed by atoms with Crippen molar-refractivity contribution in [3.8, 4) is 16.5 Å². The Bertz CT molecular complexity index is 538. The fraction of sp³-hybridized carbons (Fsp3) is 0.400. The lowest BCUT2D eigenvalue weighted by molar-refractivity contribution is 0.417. The van der Waals surface area contributed by atoms with Gasteiger partial charge in [0.25, 0.3) is 0 Å². The van der Waals surface area contributed by atoms with Gasteiger partial charge >= 0.3 is 0 Å². The third-order valence-corrected chi connectivity index (χ3v) is 3.44. The molecule has 16 heavy (non-hydrogen) atoms. The largest absolute Gasteiger partial charge is 0.496 e. The first kappa shape index (κ1) is 11.3. The van der Waals surface area contributed by atoms with E-state index in [1.807, 2.05) is 16.0 Å². The molecule has 6 heteroatoms. The molecule has 0 saturated carbocycles. The van der Waals surface area contributed by atoms with Crippen LogP contribution in [0.1, 0.15) is 19.9 Å². The average Bonchev–Trinajstić information content (AvgIpc) is 2.82. The molecule has 4 nitrogen and oxygen atoms in total. The van der Waals surface area contributed by atoms with Gasteiger partial charge in [-0.1, -0.05) is 0 Å². The predicted octanol–water partition coefficient (Wildman–Crippen LogP) is 3.26.